The first-order valence-corrected chi connectivity index (χ1v) is 9.42. The van der Waals surface area contributed by atoms with Crippen LogP contribution in [0.2, 0.25) is 0 Å². The Labute approximate surface area is 161 Å². The second-order valence-electron chi connectivity index (χ2n) is 6.39. The van der Waals surface area contributed by atoms with Gasteiger partial charge in [0.05, 0.1) is 12.7 Å². The van der Waals surface area contributed by atoms with Gasteiger partial charge in [-0.15, -0.1) is 4.52 Å². The van der Waals surface area contributed by atoms with Crippen LogP contribution in [0.5, 0.6) is 5.75 Å². The molecule has 2 aromatic heterocycles. The summed E-state index contributed by atoms with van der Waals surface area (Å²) >= 11 is 3.53. The summed E-state index contributed by atoms with van der Waals surface area (Å²) in [7, 11) is 1.69. The SMILES string of the molecule is COc1ccc(Br)cc1C=Cc1cc(C)c2c(CCN)c3[n+](n12)=CC=C3. The molecule has 3 aromatic rings. The van der Waals surface area contributed by atoms with E-state index < -0.39 is 0 Å². The first kappa shape index (κ1) is 17.1. The number of hydrogen-bond acceptors (Lipinski definition) is 2. The lowest BCUT2D eigenvalue weighted by molar-refractivity contribution is -0.583. The molecule has 0 bridgehead atoms. The first-order chi connectivity index (χ1) is 12.6. The zero-order valence-electron chi connectivity index (χ0n) is 14.9. The Balaban J connectivity index is 1.87. The third kappa shape index (κ3) is 2.68. The van der Waals surface area contributed by atoms with Crippen LogP contribution >= 0.6 is 15.9 Å². The van der Waals surface area contributed by atoms with Crippen LogP contribution in [-0.4, -0.2) is 18.2 Å². The predicted molar refractivity (Wildman–Crippen MR) is 109 cm³/mol. The van der Waals surface area contributed by atoms with E-state index in [4.69, 9.17) is 10.5 Å². The zero-order valence-corrected chi connectivity index (χ0v) is 16.5. The quantitative estimate of drug-likeness (QED) is 0.651. The fraction of sp³-hybridized carbons (Fsp3) is 0.190. The van der Waals surface area contributed by atoms with Crippen molar-refractivity contribution in [3.05, 3.63) is 69.1 Å². The van der Waals surface area contributed by atoms with Gasteiger partial charge < -0.3 is 10.5 Å². The van der Waals surface area contributed by atoms with Crippen LogP contribution in [0.25, 0.3) is 23.7 Å². The summed E-state index contributed by atoms with van der Waals surface area (Å²) in [5.74, 6) is 0.853. The van der Waals surface area contributed by atoms with Gasteiger partial charge in [-0.1, -0.05) is 20.3 Å². The number of hydrogen-bond donors (Lipinski definition) is 1. The minimum atomic E-state index is 0.644. The van der Waals surface area contributed by atoms with E-state index in [2.05, 4.69) is 74.4 Å². The van der Waals surface area contributed by atoms with E-state index in [1.165, 1.54) is 22.3 Å². The molecule has 5 heteroatoms. The summed E-state index contributed by atoms with van der Waals surface area (Å²) in [5, 5.41) is 0. The number of ether oxygens (including phenoxy) is 1. The van der Waals surface area contributed by atoms with Crippen LogP contribution in [-0.2, 0) is 6.42 Å². The van der Waals surface area contributed by atoms with E-state index in [1.54, 1.807) is 7.11 Å². The molecular formula is C21H21BrN3O+. The number of aromatic nitrogens is 2. The minimum Gasteiger partial charge on any atom is -0.496 e. The minimum absolute atomic E-state index is 0.644. The topological polar surface area (TPSA) is 45.6 Å². The number of halogens is 1. The standard InChI is InChI=1S/C21H21BrN3O/c1-14-12-17(7-5-15-13-16(22)6-8-20(15)26-2)25-21(14)18(9-10-23)19-4-3-11-24(19)25/h3-8,11-13H,9-10,23H2,1-2H3/q+1. The second-order valence-corrected chi connectivity index (χ2v) is 7.30. The highest BCUT2D eigenvalue weighted by molar-refractivity contribution is 9.10. The smallest absolute Gasteiger partial charge is 0.242 e. The third-order valence-corrected chi connectivity index (χ3v) is 5.25. The molecule has 4 nitrogen and oxygen atoms in total. The summed E-state index contributed by atoms with van der Waals surface area (Å²) in [4.78, 5) is 0. The van der Waals surface area contributed by atoms with Crippen LogP contribution < -0.4 is 14.8 Å². The van der Waals surface area contributed by atoms with Crippen LogP contribution in [0.1, 0.15) is 28.1 Å². The van der Waals surface area contributed by atoms with Crippen molar-refractivity contribution in [1.82, 2.24) is 4.52 Å². The van der Waals surface area contributed by atoms with Crippen molar-refractivity contribution in [3.63, 3.8) is 0 Å². The number of rotatable bonds is 5. The van der Waals surface area contributed by atoms with E-state index >= 15 is 0 Å². The fourth-order valence-corrected chi connectivity index (χ4v) is 4.05. The Kier molecular flexibility index (Phi) is 4.42. The molecule has 0 aliphatic carbocycles. The Hall–Kier alpha value is -2.37. The summed E-state index contributed by atoms with van der Waals surface area (Å²) in [6.07, 6.45) is 11.4. The highest BCUT2D eigenvalue weighted by Crippen LogP contribution is 2.28. The van der Waals surface area contributed by atoms with Gasteiger partial charge in [-0.3, -0.25) is 0 Å². The molecule has 26 heavy (non-hydrogen) atoms. The molecule has 0 fully saturated rings. The number of nitrogens with two attached hydrogens (primary N) is 1. The van der Waals surface area contributed by atoms with Gasteiger partial charge in [-0.2, -0.15) is 0 Å². The maximum absolute atomic E-state index is 5.86. The molecule has 0 amide bonds. The number of nitrogens with zero attached hydrogens (tertiary/aromatic N) is 2. The molecule has 0 saturated carbocycles. The van der Waals surface area contributed by atoms with Crippen molar-refractivity contribution < 1.29 is 9.09 Å². The Morgan fingerprint density at radius 1 is 1.27 bits per heavy atom. The van der Waals surface area contributed by atoms with E-state index in [0.29, 0.717) is 6.54 Å². The lowest BCUT2D eigenvalue weighted by Gasteiger charge is -2.04. The van der Waals surface area contributed by atoms with Crippen molar-refractivity contribution in [3.8, 4) is 5.75 Å². The van der Waals surface area contributed by atoms with Crippen molar-refractivity contribution in [2.75, 3.05) is 13.7 Å². The van der Waals surface area contributed by atoms with Gasteiger partial charge in [0, 0.05) is 22.2 Å². The molecule has 0 unspecified atom stereocenters. The number of methoxy groups -OCH3 is 1. The van der Waals surface area contributed by atoms with E-state index in [1.807, 2.05) is 12.1 Å². The molecule has 0 saturated heterocycles. The highest BCUT2D eigenvalue weighted by Gasteiger charge is 2.26. The molecule has 0 spiro atoms. The number of allylic oxidation sites excluding steroid dienone is 1. The Morgan fingerprint density at radius 2 is 2.12 bits per heavy atom. The van der Waals surface area contributed by atoms with Crippen LogP contribution in [0.15, 0.2) is 34.8 Å². The van der Waals surface area contributed by atoms with Crippen LogP contribution in [0, 0.1) is 13.1 Å². The van der Waals surface area contributed by atoms with Gasteiger partial charge in [-0.05, 0) is 61.9 Å². The molecule has 1 aliphatic rings. The molecule has 132 valence electrons. The van der Waals surface area contributed by atoms with Gasteiger partial charge in [0.15, 0.2) is 0 Å². The van der Waals surface area contributed by atoms with E-state index in [9.17, 15) is 0 Å². The normalized spacial score (nSPS) is 12.9. The molecule has 1 aromatic carbocycles. The first-order valence-electron chi connectivity index (χ1n) is 8.62. The van der Waals surface area contributed by atoms with E-state index in [-0.39, 0.29) is 0 Å². The number of fused-ring (bicyclic) bond motifs is 3. The van der Waals surface area contributed by atoms with Gasteiger partial charge in [-0.25, -0.2) is 0 Å². The van der Waals surface area contributed by atoms with Gasteiger partial charge in [0.2, 0.25) is 11.9 Å². The Morgan fingerprint density at radius 3 is 2.88 bits per heavy atom. The maximum atomic E-state index is 5.86. The van der Waals surface area contributed by atoms with Crippen molar-refractivity contribution in [1.29, 1.82) is 0 Å². The zero-order chi connectivity index (χ0) is 18.3. The van der Waals surface area contributed by atoms with Crippen molar-refractivity contribution >= 4 is 39.7 Å². The number of aryl methyl sites for hydroxylation is 1. The number of benzene rings is 1. The Bertz CT molecular complexity index is 1110. The third-order valence-electron chi connectivity index (χ3n) is 4.75. The highest BCUT2D eigenvalue weighted by atomic mass is 79.9. The molecule has 0 radical (unpaired) electrons. The largest absolute Gasteiger partial charge is 0.496 e. The van der Waals surface area contributed by atoms with Gasteiger partial charge >= 0.3 is 0 Å². The molecule has 3 heterocycles. The summed E-state index contributed by atoms with van der Waals surface area (Å²) in [6, 6.07) is 8.23. The summed E-state index contributed by atoms with van der Waals surface area (Å²) < 4.78 is 11.0. The van der Waals surface area contributed by atoms with Crippen molar-refractivity contribution in [2.45, 2.75) is 13.3 Å². The summed E-state index contributed by atoms with van der Waals surface area (Å²) in [6.45, 7) is 2.80. The molecular weight excluding hydrogens is 390 g/mol. The average molecular weight is 411 g/mol. The van der Waals surface area contributed by atoms with Crippen molar-refractivity contribution in [2.24, 2.45) is 5.73 Å². The molecule has 2 N–H and O–H groups in total. The van der Waals surface area contributed by atoms with E-state index in [0.717, 1.165) is 27.9 Å². The lowest BCUT2D eigenvalue weighted by Crippen LogP contribution is -2.24. The fourth-order valence-electron chi connectivity index (χ4n) is 3.67. The van der Waals surface area contributed by atoms with Crippen LogP contribution in [0.3, 0.4) is 0 Å². The predicted octanol–water partition coefficient (Wildman–Crippen LogP) is 3.73. The summed E-state index contributed by atoms with van der Waals surface area (Å²) in [5.41, 5.74) is 13.1. The maximum Gasteiger partial charge on any atom is 0.242 e. The molecule has 1 aliphatic heterocycles. The second kappa shape index (κ2) is 6.74. The average Bonchev–Trinajstić information content (AvgIpc) is 3.28. The van der Waals surface area contributed by atoms with Crippen LogP contribution in [0.4, 0.5) is 0 Å². The monoisotopic (exact) mass is 410 g/mol. The molecule has 4 rings (SSSR count). The van der Waals surface area contributed by atoms with Gasteiger partial charge in [0.25, 0.3) is 0 Å². The lowest BCUT2D eigenvalue weighted by atomic mass is 10.1. The molecule has 0 atom stereocenters. The van der Waals surface area contributed by atoms with Gasteiger partial charge in [0.1, 0.15) is 17.0 Å².